The molecule has 0 saturated carbocycles. The van der Waals surface area contributed by atoms with E-state index in [2.05, 4.69) is 58.9 Å². The number of rotatable bonds is 9. The highest BCUT2D eigenvalue weighted by Crippen LogP contribution is 2.32. The summed E-state index contributed by atoms with van der Waals surface area (Å²) in [5.74, 6) is 1.69. The van der Waals surface area contributed by atoms with E-state index in [1.165, 1.54) is 29.5 Å². The van der Waals surface area contributed by atoms with E-state index >= 15 is 0 Å². The van der Waals surface area contributed by atoms with Gasteiger partial charge in [-0.25, -0.2) is 0 Å². The van der Waals surface area contributed by atoms with E-state index in [0.717, 1.165) is 31.6 Å². The van der Waals surface area contributed by atoms with E-state index in [1.54, 1.807) is 0 Å². The molecule has 1 heteroatoms. The Balaban J connectivity index is 2.97. The topological polar surface area (TPSA) is 9.23 Å². The summed E-state index contributed by atoms with van der Waals surface area (Å²) in [5.41, 5.74) is 4.14. The van der Waals surface area contributed by atoms with Crippen LogP contribution >= 0.6 is 0 Å². The van der Waals surface area contributed by atoms with Gasteiger partial charge in [-0.15, -0.1) is 0 Å². The molecule has 1 unspecified atom stereocenters. The number of aryl methyl sites for hydroxylation is 2. The molecule has 1 rings (SSSR count). The lowest BCUT2D eigenvalue weighted by Gasteiger charge is -2.20. The van der Waals surface area contributed by atoms with Gasteiger partial charge < -0.3 is 4.74 Å². The summed E-state index contributed by atoms with van der Waals surface area (Å²) in [6, 6.07) is 4.58. The molecule has 1 aromatic rings. The third kappa shape index (κ3) is 5.57. The minimum absolute atomic E-state index is 0.636. The molecule has 0 aromatic heterocycles. The minimum atomic E-state index is 0.636. The van der Waals surface area contributed by atoms with Gasteiger partial charge in [-0.2, -0.15) is 0 Å². The summed E-state index contributed by atoms with van der Waals surface area (Å²) in [6.07, 6.45) is 10.4. The van der Waals surface area contributed by atoms with E-state index in [1.807, 2.05) is 0 Å². The third-order valence-electron chi connectivity index (χ3n) is 3.93. The summed E-state index contributed by atoms with van der Waals surface area (Å²) in [6.45, 7) is 11.8. The van der Waals surface area contributed by atoms with Gasteiger partial charge >= 0.3 is 0 Å². The lowest BCUT2D eigenvalue weighted by Crippen LogP contribution is -2.04. The Morgan fingerprint density at radius 2 is 1.76 bits per heavy atom. The van der Waals surface area contributed by atoms with Gasteiger partial charge in [0.2, 0.25) is 0 Å². The Morgan fingerprint density at radius 1 is 1.00 bits per heavy atom. The van der Waals surface area contributed by atoms with E-state index in [4.69, 9.17) is 4.74 Å². The fourth-order valence-corrected chi connectivity index (χ4v) is 2.80. The molecule has 0 N–H and O–H groups in total. The van der Waals surface area contributed by atoms with Crippen molar-refractivity contribution in [2.45, 2.75) is 72.6 Å². The average molecular weight is 288 g/mol. The second-order valence-corrected chi connectivity index (χ2v) is 5.92. The van der Waals surface area contributed by atoms with E-state index < -0.39 is 0 Å². The van der Waals surface area contributed by atoms with Crippen LogP contribution in [0.15, 0.2) is 24.3 Å². The predicted octanol–water partition coefficient (Wildman–Crippen LogP) is 6.33. The fourth-order valence-electron chi connectivity index (χ4n) is 2.80. The smallest absolute Gasteiger partial charge is 0.122 e. The van der Waals surface area contributed by atoms with Gasteiger partial charge in [0, 0.05) is 0 Å². The Kier molecular flexibility index (Phi) is 8.19. The van der Waals surface area contributed by atoms with E-state index in [-0.39, 0.29) is 0 Å². The van der Waals surface area contributed by atoms with Crippen LogP contribution in [0, 0.1) is 13.8 Å². The van der Waals surface area contributed by atoms with Crippen molar-refractivity contribution in [2.24, 2.45) is 0 Å². The first-order valence-electron chi connectivity index (χ1n) is 8.52. The molecule has 0 saturated heterocycles. The molecular weight excluding hydrogens is 256 g/mol. The molecule has 1 aromatic carbocycles. The lowest BCUT2D eigenvalue weighted by molar-refractivity contribution is 0.315. The van der Waals surface area contributed by atoms with Crippen LogP contribution in [-0.2, 0) is 0 Å². The van der Waals surface area contributed by atoms with Crippen LogP contribution in [0.1, 0.15) is 75.5 Å². The molecule has 21 heavy (non-hydrogen) atoms. The van der Waals surface area contributed by atoms with Crippen LogP contribution in [0.25, 0.3) is 0 Å². The first-order chi connectivity index (χ1) is 10.1. The maximum Gasteiger partial charge on any atom is 0.122 e. The Hall–Kier alpha value is -1.24. The van der Waals surface area contributed by atoms with Crippen molar-refractivity contribution < 1.29 is 4.74 Å². The number of ether oxygens (including phenoxy) is 1. The SMILES string of the molecule is CC/C=C\CC(CCC)c1cc(C)c(OCCC)cc1C. The maximum atomic E-state index is 5.85. The van der Waals surface area contributed by atoms with Gasteiger partial charge in [-0.3, -0.25) is 0 Å². The summed E-state index contributed by atoms with van der Waals surface area (Å²) < 4.78 is 5.85. The molecule has 0 radical (unpaired) electrons. The number of benzene rings is 1. The molecule has 0 aliphatic rings. The number of allylic oxidation sites excluding steroid dienone is 2. The third-order valence-corrected chi connectivity index (χ3v) is 3.93. The highest BCUT2D eigenvalue weighted by Gasteiger charge is 2.14. The number of hydrogen-bond donors (Lipinski definition) is 0. The summed E-state index contributed by atoms with van der Waals surface area (Å²) in [7, 11) is 0. The Morgan fingerprint density at radius 3 is 2.38 bits per heavy atom. The van der Waals surface area contributed by atoms with Crippen molar-refractivity contribution in [3.63, 3.8) is 0 Å². The van der Waals surface area contributed by atoms with Crippen molar-refractivity contribution >= 4 is 0 Å². The molecule has 1 nitrogen and oxygen atoms in total. The highest BCUT2D eigenvalue weighted by atomic mass is 16.5. The molecule has 0 bridgehead atoms. The van der Waals surface area contributed by atoms with Crippen molar-refractivity contribution in [1.29, 1.82) is 0 Å². The maximum absolute atomic E-state index is 5.85. The molecule has 0 amide bonds. The predicted molar refractivity (Wildman–Crippen MR) is 93.4 cm³/mol. The Bertz CT molecular complexity index is 445. The van der Waals surface area contributed by atoms with Crippen LogP contribution < -0.4 is 4.74 Å². The van der Waals surface area contributed by atoms with Crippen LogP contribution in [0.5, 0.6) is 5.75 Å². The second kappa shape index (κ2) is 9.65. The summed E-state index contributed by atoms with van der Waals surface area (Å²) in [4.78, 5) is 0. The van der Waals surface area contributed by atoms with Gasteiger partial charge in [0.05, 0.1) is 6.61 Å². The van der Waals surface area contributed by atoms with Crippen molar-refractivity contribution in [3.8, 4) is 5.75 Å². The number of hydrogen-bond acceptors (Lipinski definition) is 1. The first-order valence-corrected chi connectivity index (χ1v) is 8.52. The molecule has 0 aliphatic carbocycles. The summed E-state index contributed by atoms with van der Waals surface area (Å²) in [5, 5.41) is 0. The van der Waals surface area contributed by atoms with Crippen molar-refractivity contribution in [3.05, 3.63) is 41.0 Å². The molecule has 0 spiro atoms. The highest BCUT2D eigenvalue weighted by molar-refractivity contribution is 5.43. The van der Waals surface area contributed by atoms with Crippen molar-refractivity contribution in [2.75, 3.05) is 6.61 Å². The van der Waals surface area contributed by atoms with Gasteiger partial charge in [-0.1, -0.05) is 45.4 Å². The molecule has 0 aliphatic heterocycles. The first kappa shape index (κ1) is 17.8. The van der Waals surface area contributed by atoms with Gasteiger partial charge in [0.1, 0.15) is 5.75 Å². The quantitative estimate of drug-likeness (QED) is 0.482. The molecule has 0 heterocycles. The summed E-state index contributed by atoms with van der Waals surface area (Å²) >= 11 is 0. The molecule has 1 atom stereocenters. The van der Waals surface area contributed by atoms with Crippen LogP contribution in [0.3, 0.4) is 0 Å². The minimum Gasteiger partial charge on any atom is -0.493 e. The van der Waals surface area contributed by atoms with Gasteiger partial charge in [-0.05, 0) is 68.2 Å². The fraction of sp³-hybridized carbons (Fsp3) is 0.600. The Labute approximate surface area is 131 Å². The van der Waals surface area contributed by atoms with Gasteiger partial charge in [0.25, 0.3) is 0 Å². The van der Waals surface area contributed by atoms with E-state index in [9.17, 15) is 0 Å². The monoisotopic (exact) mass is 288 g/mol. The largest absolute Gasteiger partial charge is 0.493 e. The van der Waals surface area contributed by atoms with Crippen LogP contribution in [-0.4, -0.2) is 6.61 Å². The normalized spacial score (nSPS) is 12.8. The van der Waals surface area contributed by atoms with Crippen LogP contribution in [0.4, 0.5) is 0 Å². The van der Waals surface area contributed by atoms with E-state index in [0.29, 0.717) is 5.92 Å². The van der Waals surface area contributed by atoms with Gasteiger partial charge in [0.15, 0.2) is 0 Å². The van der Waals surface area contributed by atoms with Crippen LogP contribution in [0.2, 0.25) is 0 Å². The zero-order valence-electron chi connectivity index (χ0n) is 14.5. The zero-order chi connectivity index (χ0) is 15.7. The molecular formula is C20H32O. The second-order valence-electron chi connectivity index (χ2n) is 5.92. The zero-order valence-corrected chi connectivity index (χ0v) is 14.5. The standard InChI is InChI=1S/C20H32O/c1-6-9-10-12-18(11-7-2)19-14-17(5)20(15-16(19)4)21-13-8-3/h9-10,14-15,18H,6-8,11-13H2,1-5H3/b10-9-. The van der Waals surface area contributed by atoms with Crippen molar-refractivity contribution in [1.82, 2.24) is 0 Å². The lowest BCUT2D eigenvalue weighted by atomic mass is 9.87. The average Bonchev–Trinajstić information content (AvgIpc) is 2.47. The molecule has 0 fully saturated rings. The molecule has 118 valence electrons.